The third kappa shape index (κ3) is 1.98. The minimum Gasteiger partial charge on any atom is -0.506 e. The molecule has 0 aliphatic heterocycles. The van der Waals surface area contributed by atoms with Crippen molar-refractivity contribution in [3.05, 3.63) is 23.8 Å². The molecule has 0 saturated carbocycles. The van der Waals surface area contributed by atoms with Gasteiger partial charge in [-0.15, -0.1) is 0 Å². The van der Waals surface area contributed by atoms with Crippen LogP contribution in [-0.4, -0.2) is 19.8 Å². The number of para-hydroxylation sites is 1. The van der Waals surface area contributed by atoms with Crippen LogP contribution in [0.15, 0.2) is 23.1 Å². The van der Waals surface area contributed by atoms with E-state index in [0.29, 0.717) is 0 Å². The monoisotopic (exact) mass is 204 g/mol. The van der Waals surface area contributed by atoms with Gasteiger partial charge in [0.05, 0.1) is 0 Å². The predicted molar refractivity (Wildman–Crippen MR) is 46.0 cm³/mol. The normalized spacial score (nSPS) is 11.5. The molecule has 0 spiro atoms. The van der Waals surface area contributed by atoms with Crippen LogP contribution in [0.1, 0.15) is 5.56 Å². The van der Waals surface area contributed by atoms with Gasteiger partial charge >= 0.3 is 0 Å². The van der Waals surface area contributed by atoms with Crippen molar-refractivity contribution in [2.75, 3.05) is 6.26 Å². The minimum atomic E-state index is -3.48. The summed E-state index contributed by atoms with van der Waals surface area (Å²) in [5.74, 6) is -0.493. The summed E-state index contributed by atoms with van der Waals surface area (Å²) < 4.78 is 34.3. The Labute approximate surface area is 75.7 Å². The van der Waals surface area contributed by atoms with Gasteiger partial charge in [0.15, 0.2) is 9.84 Å². The quantitative estimate of drug-likeness (QED) is 0.789. The van der Waals surface area contributed by atoms with Gasteiger partial charge in [-0.3, -0.25) is 0 Å². The molecule has 13 heavy (non-hydrogen) atoms. The first-order valence-electron chi connectivity index (χ1n) is 3.53. The second kappa shape index (κ2) is 3.33. The van der Waals surface area contributed by atoms with Crippen molar-refractivity contribution in [1.29, 1.82) is 0 Å². The number of rotatable bonds is 2. The predicted octanol–water partition coefficient (Wildman–Crippen LogP) is 1.27. The Morgan fingerprint density at radius 2 is 2.08 bits per heavy atom. The topological polar surface area (TPSA) is 54.4 Å². The van der Waals surface area contributed by atoms with Crippen LogP contribution in [0.2, 0.25) is 0 Å². The molecule has 0 aromatic heterocycles. The summed E-state index contributed by atoms with van der Waals surface area (Å²) in [6.45, 7) is -0.880. The van der Waals surface area contributed by atoms with Crippen molar-refractivity contribution in [3.63, 3.8) is 0 Å². The summed E-state index contributed by atoms with van der Waals surface area (Å²) >= 11 is 0. The number of hydrogen-bond donors (Lipinski definition) is 1. The van der Waals surface area contributed by atoms with Crippen LogP contribution in [0.25, 0.3) is 0 Å². The van der Waals surface area contributed by atoms with Gasteiger partial charge in [-0.2, -0.15) is 0 Å². The fraction of sp³-hybridized carbons (Fsp3) is 0.250. The largest absolute Gasteiger partial charge is 0.506 e. The van der Waals surface area contributed by atoms with Gasteiger partial charge in [0.25, 0.3) is 0 Å². The summed E-state index contributed by atoms with van der Waals surface area (Å²) in [4.78, 5) is -0.234. The maximum Gasteiger partial charge on any atom is 0.179 e. The first kappa shape index (κ1) is 9.98. The molecule has 0 saturated heterocycles. The van der Waals surface area contributed by atoms with Crippen molar-refractivity contribution in [2.45, 2.75) is 11.6 Å². The smallest absolute Gasteiger partial charge is 0.179 e. The maximum atomic E-state index is 12.2. The van der Waals surface area contributed by atoms with Gasteiger partial charge in [-0.25, -0.2) is 12.8 Å². The molecule has 1 N–H and O–H groups in total. The van der Waals surface area contributed by atoms with Crippen LogP contribution < -0.4 is 0 Å². The van der Waals surface area contributed by atoms with E-state index in [0.717, 1.165) is 6.26 Å². The molecule has 0 unspecified atom stereocenters. The van der Waals surface area contributed by atoms with Crippen molar-refractivity contribution >= 4 is 9.84 Å². The molecule has 1 rings (SSSR count). The van der Waals surface area contributed by atoms with E-state index in [4.69, 9.17) is 0 Å². The molecule has 0 atom stereocenters. The van der Waals surface area contributed by atoms with E-state index in [1.54, 1.807) is 0 Å². The average Bonchev–Trinajstić information content (AvgIpc) is 2.02. The van der Waals surface area contributed by atoms with Crippen molar-refractivity contribution in [1.82, 2.24) is 0 Å². The summed E-state index contributed by atoms with van der Waals surface area (Å²) in [7, 11) is -3.48. The fourth-order valence-corrected chi connectivity index (χ4v) is 1.78. The molecule has 0 heterocycles. The number of benzene rings is 1. The fourth-order valence-electron chi connectivity index (χ4n) is 0.975. The van der Waals surface area contributed by atoms with Gasteiger partial charge in [0.1, 0.15) is 17.3 Å². The zero-order valence-corrected chi connectivity index (χ0v) is 7.81. The van der Waals surface area contributed by atoms with E-state index >= 15 is 0 Å². The molecule has 1 aromatic carbocycles. The first-order chi connectivity index (χ1) is 5.96. The van der Waals surface area contributed by atoms with Crippen LogP contribution in [-0.2, 0) is 16.5 Å². The van der Waals surface area contributed by atoms with E-state index in [1.165, 1.54) is 18.2 Å². The highest BCUT2D eigenvalue weighted by molar-refractivity contribution is 7.90. The maximum absolute atomic E-state index is 12.2. The van der Waals surface area contributed by atoms with Crippen LogP contribution in [0.4, 0.5) is 4.39 Å². The highest BCUT2D eigenvalue weighted by Gasteiger charge is 2.15. The average molecular weight is 204 g/mol. The van der Waals surface area contributed by atoms with Crippen LogP contribution >= 0.6 is 0 Å². The van der Waals surface area contributed by atoms with Crippen molar-refractivity contribution in [3.8, 4) is 5.75 Å². The Morgan fingerprint density at radius 1 is 1.46 bits per heavy atom. The number of hydrogen-bond acceptors (Lipinski definition) is 3. The number of halogens is 1. The SMILES string of the molecule is CS(=O)(=O)c1cccc(CF)c1O. The summed E-state index contributed by atoms with van der Waals surface area (Å²) in [5, 5.41) is 9.31. The van der Waals surface area contributed by atoms with E-state index in [2.05, 4.69) is 0 Å². The molecule has 0 radical (unpaired) electrons. The molecule has 0 bridgehead atoms. The lowest BCUT2D eigenvalue weighted by molar-refractivity contribution is 0.422. The number of sulfone groups is 1. The summed E-state index contributed by atoms with van der Waals surface area (Å²) in [6, 6.07) is 3.97. The molecule has 0 aliphatic carbocycles. The van der Waals surface area contributed by atoms with Gasteiger partial charge in [-0.05, 0) is 6.07 Å². The van der Waals surface area contributed by atoms with Crippen molar-refractivity contribution in [2.24, 2.45) is 0 Å². The molecule has 0 aliphatic rings. The highest BCUT2D eigenvalue weighted by atomic mass is 32.2. The van der Waals surface area contributed by atoms with Gasteiger partial charge in [0, 0.05) is 11.8 Å². The van der Waals surface area contributed by atoms with Gasteiger partial charge in [-0.1, -0.05) is 12.1 Å². The van der Waals surface area contributed by atoms with Crippen LogP contribution in [0.5, 0.6) is 5.75 Å². The molecule has 5 heteroatoms. The lowest BCUT2D eigenvalue weighted by Crippen LogP contribution is -1.98. The molecular weight excluding hydrogens is 195 g/mol. The van der Waals surface area contributed by atoms with E-state index in [-0.39, 0.29) is 10.5 Å². The minimum absolute atomic E-state index is 0.0112. The third-order valence-electron chi connectivity index (χ3n) is 1.63. The lowest BCUT2D eigenvalue weighted by Gasteiger charge is -2.04. The Balaban J connectivity index is 3.41. The van der Waals surface area contributed by atoms with Crippen LogP contribution in [0.3, 0.4) is 0 Å². The number of alkyl halides is 1. The molecule has 0 amide bonds. The van der Waals surface area contributed by atoms with E-state index in [9.17, 15) is 17.9 Å². The first-order valence-corrected chi connectivity index (χ1v) is 5.43. The van der Waals surface area contributed by atoms with Crippen molar-refractivity contribution < 1.29 is 17.9 Å². The van der Waals surface area contributed by atoms with E-state index in [1.807, 2.05) is 0 Å². The zero-order valence-electron chi connectivity index (χ0n) is 6.99. The summed E-state index contributed by atoms with van der Waals surface area (Å²) in [5.41, 5.74) is -0.0112. The second-order valence-corrected chi connectivity index (χ2v) is 4.65. The Kier molecular flexibility index (Phi) is 2.56. The Hall–Kier alpha value is -1.10. The zero-order chi connectivity index (χ0) is 10.1. The number of aromatic hydroxyl groups is 1. The molecule has 1 aromatic rings. The summed E-state index contributed by atoms with van der Waals surface area (Å²) in [6.07, 6.45) is 0.962. The second-order valence-electron chi connectivity index (χ2n) is 2.67. The van der Waals surface area contributed by atoms with Crippen LogP contribution in [0, 0.1) is 0 Å². The van der Waals surface area contributed by atoms with Gasteiger partial charge in [0.2, 0.25) is 0 Å². The molecule has 3 nitrogen and oxygen atoms in total. The van der Waals surface area contributed by atoms with Gasteiger partial charge < -0.3 is 5.11 Å². The number of phenols is 1. The third-order valence-corrected chi connectivity index (χ3v) is 2.75. The highest BCUT2D eigenvalue weighted by Crippen LogP contribution is 2.26. The van der Waals surface area contributed by atoms with E-state index < -0.39 is 22.3 Å². The molecule has 0 fully saturated rings. The molecule has 72 valence electrons. The standard InChI is InChI=1S/C8H9FO3S/c1-13(11,12)7-4-2-3-6(5-9)8(7)10/h2-4,10H,5H2,1H3. The Bertz CT molecular complexity index is 411. The lowest BCUT2D eigenvalue weighted by atomic mass is 10.2. The number of phenolic OH excluding ortho intramolecular Hbond substituents is 1. The Morgan fingerprint density at radius 3 is 2.54 bits per heavy atom. The molecular formula is C8H9FO3S.